The van der Waals surface area contributed by atoms with Gasteiger partial charge in [0, 0.05) is 5.71 Å². The van der Waals surface area contributed by atoms with Crippen molar-refractivity contribution in [1.82, 2.24) is 0 Å². The Kier molecular flexibility index (Phi) is 7.16. The molecule has 0 N–H and O–H groups in total. The van der Waals surface area contributed by atoms with Crippen molar-refractivity contribution in [3.8, 4) is 0 Å². The summed E-state index contributed by atoms with van der Waals surface area (Å²) in [5.41, 5.74) is 3.28. The summed E-state index contributed by atoms with van der Waals surface area (Å²) in [6.07, 6.45) is 10.1. The predicted octanol–water partition coefficient (Wildman–Crippen LogP) is 6.43. The summed E-state index contributed by atoms with van der Waals surface area (Å²) in [5.74, 6) is 1.48. The third-order valence-corrected chi connectivity index (χ3v) is 4.42. The second kappa shape index (κ2) is 8.15. The first-order valence-electron chi connectivity index (χ1n) is 8.92. The molecule has 1 aliphatic rings. The van der Waals surface area contributed by atoms with E-state index in [0.717, 1.165) is 18.3 Å². The summed E-state index contributed by atoms with van der Waals surface area (Å²) in [6.45, 7) is 16.1. The molecule has 21 heavy (non-hydrogen) atoms. The molecule has 0 aromatic heterocycles. The summed E-state index contributed by atoms with van der Waals surface area (Å²) >= 11 is 0. The van der Waals surface area contributed by atoms with E-state index in [4.69, 9.17) is 4.99 Å². The van der Waals surface area contributed by atoms with Crippen LogP contribution in [0.5, 0.6) is 0 Å². The van der Waals surface area contributed by atoms with E-state index in [1.807, 2.05) is 0 Å². The highest BCUT2D eigenvalue weighted by molar-refractivity contribution is 5.82. The molecular weight excluding hydrogens is 254 g/mol. The molecule has 0 aromatic carbocycles. The SMILES string of the molecule is CC(CC(C)C)=NC1CCCC(C)(/C=C(\C)CC(C)C)C1. The van der Waals surface area contributed by atoms with E-state index < -0.39 is 0 Å². The van der Waals surface area contributed by atoms with E-state index >= 15 is 0 Å². The van der Waals surface area contributed by atoms with Crippen LogP contribution >= 0.6 is 0 Å². The first kappa shape index (κ1) is 18.5. The van der Waals surface area contributed by atoms with Gasteiger partial charge >= 0.3 is 0 Å². The van der Waals surface area contributed by atoms with Crippen molar-refractivity contribution in [2.24, 2.45) is 22.2 Å². The number of aliphatic imine (C=N–C) groups is 1. The molecule has 0 heterocycles. The summed E-state index contributed by atoms with van der Waals surface area (Å²) < 4.78 is 0. The zero-order valence-electron chi connectivity index (χ0n) is 15.5. The van der Waals surface area contributed by atoms with Crippen LogP contribution in [0.25, 0.3) is 0 Å². The Hall–Kier alpha value is -0.590. The van der Waals surface area contributed by atoms with Crippen molar-refractivity contribution in [2.45, 2.75) is 93.0 Å². The van der Waals surface area contributed by atoms with Crippen molar-refractivity contribution < 1.29 is 0 Å². The van der Waals surface area contributed by atoms with E-state index in [0.29, 0.717) is 11.5 Å². The van der Waals surface area contributed by atoms with Gasteiger partial charge in [0.15, 0.2) is 0 Å². The highest BCUT2D eigenvalue weighted by Crippen LogP contribution is 2.40. The Bertz CT molecular complexity index is 375. The van der Waals surface area contributed by atoms with Gasteiger partial charge in [0.1, 0.15) is 0 Å². The zero-order valence-corrected chi connectivity index (χ0v) is 15.5. The topological polar surface area (TPSA) is 12.4 Å². The summed E-state index contributed by atoms with van der Waals surface area (Å²) in [4.78, 5) is 5.03. The molecular formula is C20H37N. The van der Waals surface area contributed by atoms with Gasteiger partial charge < -0.3 is 0 Å². The van der Waals surface area contributed by atoms with Gasteiger partial charge in [0.25, 0.3) is 0 Å². The molecule has 2 unspecified atom stereocenters. The Balaban J connectivity index is 2.70. The summed E-state index contributed by atoms with van der Waals surface area (Å²) in [7, 11) is 0. The van der Waals surface area contributed by atoms with Crippen LogP contribution in [0.4, 0.5) is 0 Å². The largest absolute Gasteiger partial charge is 0.291 e. The molecule has 1 aliphatic carbocycles. The normalized spacial score (nSPS) is 28.5. The second-order valence-electron chi connectivity index (χ2n) is 8.46. The van der Waals surface area contributed by atoms with Crippen LogP contribution in [0.3, 0.4) is 0 Å². The molecule has 1 heteroatoms. The van der Waals surface area contributed by atoms with Gasteiger partial charge in [0.2, 0.25) is 0 Å². The maximum absolute atomic E-state index is 5.03. The molecule has 0 spiro atoms. The number of nitrogens with zero attached hydrogens (tertiary/aromatic N) is 1. The van der Waals surface area contributed by atoms with Gasteiger partial charge in [-0.2, -0.15) is 0 Å². The molecule has 1 nitrogen and oxygen atoms in total. The summed E-state index contributed by atoms with van der Waals surface area (Å²) in [5, 5.41) is 0. The minimum absolute atomic E-state index is 0.365. The van der Waals surface area contributed by atoms with Gasteiger partial charge in [-0.25, -0.2) is 0 Å². The van der Waals surface area contributed by atoms with E-state index in [2.05, 4.69) is 54.5 Å². The zero-order chi connectivity index (χ0) is 16.0. The Morgan fingerprint density at radius 2 is 1.76 bits per heavy atom. The lowest BCUT2D eigenvalue weighted by Gasteiger charge is -2.35. The van der Waals surface area contributed by atoms with E-state index in [-0.39, 0.29) is 0 Å². The lowest BCUT2D eigenvalue weighted by atomic mass is 9.72. The fraction of sp³-hybridized carbons (Fsp3) is 0.850. The molecule has 0 aliphatic heterocycles. The van der Waals surface area contributed by atoms with Crippen LogP contribution in [-0.2, 0) is 0 Å². The quantitative estimate of drug-likeness (QED) is 0.394. The third kappa shape index (κ3) is 7.29. The number of hydrogen-bond acceptors (Lipinski definition) is 1. The number of hydrogen-bond donors (Lipinski definition) is 0. The standard InChI is InChI=1S/C20H37N/c1-15(2)11-17(5)13-20(7)10-8-9-19(14-20)21-18(6)12-16(3)4/h13,15-16,19H,8-12,14H2,1-7H3/b17-13+,21-18?. The molecule has 1 saturated carbocycles. The van der Waals surface area contributed by atoms with Crippen LogP contribution in [0.15, 0.2) is 16.6 Å². The van der Waals surface area contributed by atoms with Crippen LogP contribution in [0.1, 0.15) is 87.0 Å². The Morgan fingerprint density at radius 1 is 1.14 bits per heavy atom. The van der Waals surface area contributed by atoms with E-state index in [1.54, 1.807) is 5.57 Å². The van der Waals surface area contributed by atoms with Crippen LogP contribution in [0.2, 0.25) is 0 Å². The molecule has 2 atom stereocenters. The Labute approximate surface area is 133 Å². The first-order chi connectivity index (χ1) is 9.70. The number of allylic oxidation sites excluding steroid dienone is 2. The maximum atomic E-state index is 5.03. The van der Waals surface area contributed by atoms with Gasteiger partial charge in [-0.3, -0.25) is 4.99 Å². The van der Waals surface area contributed by atoms with Gasteiger partial charge in [0.05, 0.1) is 6.04 Å². The maximum Gasteiger partial charge on any atom is 0.0507 e. The minimum Gasteiger partial charge on any atom is -0.291 e. The fourth-order valence-electron chi connectivity index (χ4n) is 3.98. The molecule has 0 radical (unpaired) electrons. The fourth-order valence-corrected chi connectivity index (χ4v) is 3.98. The first-order valence-corrected chi connectivity index (χ1v) is 8.92. The van der Waals surface area contributed by atoms with Crippen molar-refractivity contribution in [3.05, 3.63) is 11.6 Å². The molecule has 0 bridgehead atoms. The predicted molar refractivity (Wildman–Crippen MR) is 96.1 cm³/mol. The van der Waals surface area contributed by atoms with Crippen LogP contribution in [-0.4, -0.2) is 11.8 Å². The van der Waals surface area contributed by atoms with E-state index in [1.165, 1.54) is 37.8 Å². The minimum atomic E-state index is 0.365. The van der Waals surface area contributed by atoms with E-state index in [9.17, 15) is 0 Å². The molecule has 0 amide bonds. The highest BCUT2D eigenvalue weighted by Gasteiger charge is 2.30. The second-order valence-corrected chi connectivity index (χ2v) is 8.46. The average molecular weight is 292 g/mol. The van der Waals surface area contributed by atoms with Crippen molar-refractivity contribution in [2.75, 3.05) is 0 Å². The van der Waals surface area contributed by atoms with Gasteiger partial charge in [-0.05, 0) is 63.2 Å². The monoisotopic (exact) mass is 291 g/mol. The highest BCUT2D eigenvalue weighted by atomic mass is 14.8. The van der Waals surface area contributed by atoms with Crippen LogP contribution < -0.4 is 0 Å². The van der Waals surface area contributed by atoms with Gasteiger partial charge in [-0.15, -0.1) is 0 Å². The van der Waals surface area contributed by atoms with Crippen molar-refractivity contribution in [1.29, 1.82) is 0 Å². The molecule has 1 rings (SSSR count). The lowest BCUT2D eigenvalue weighted by Crippen LogP contribution is -2.27. The lowest BCUT2D eigenvalue weighted by molar-refractivity contribution is 0.256. The molecule has 0 aromatic rings. The van der Waals surface area contributed by atoms with Gasteiger partial charge in [-0.1, -0.05) is 52.7 Å². The average Bonchev–Trinajstić information content (AvgIpc) is 2.24. The smallest absolute Gasteiger partial charge is 0.0507 e. The van der Waals surface area contributed by atoms with Crippen molar-refractivity contribution in [3.63, 3.8) is 0 Å². The molecule has 0 saturated heterocycles. The third-order valence-electron chi connectivity index (χ3n) is 4.42. The number of rotatable bonds is 6. The van der Waals surface area contributed by atoms with Crippen molar-refractivity contribution >= 4 is 5.71 Å². The van der Waals surface area contributed by atoms with Crippen LogP contribution in [0, 0.1) is 17.3 Å². The molecule has 122 valence electrons. The Morgan fingerprint density at radius 3 is 2.33 bits per heavy atom. The molecule has 1 fully saturated rings. The summed E-state index contributed by atoms with van der Waals surface area (Å²) in [6, 6.07) is 0.547.